The second-order valence-corrected chi connectivity index (χ2v) is 6.44. The second-order valence-electron chi connectivity index (χ2n) is 5.57. The number of halogens is 2. The number of hydrogen-bond donors (Lipinski definition) is 0. The molecule has 140 valence electrons. The number of hydrogen-bond acceptors (Lipinski definition) is 3. The molecule has 0 atom stereocenters. The van der Waals surface area contributed by atoms with Gasteiger partial charge in [0.15, 0.2) is 0 Å². The zero-order chi connectivity index (χ0) is 19.8. The van der Waals surface area contributed by atoms with Gasteiger partial charge in [0.1, 0.15) is 0 Å². The average Bonchev–Trinajstić information content (AvgIpc) is 2.64. The van der Waals surface area contributed by atoms with Gasteiger partial charge in [0.2, 0.25) is 11.9 Å². The number of hydrazone groups is 2. The van der Waals surface area contributed by atoms with Gasteiger partial charge < -0.3 is 0 Å². The highest BCUT2D eigenvalue weighted by Gasteiger charge is 2.11. The summed E-state index contributed by atoms with van der Waals surface area (Å²) in [6.07, 6.45) is 3.28. The molecule has 2 rings (SSSR count). The molecule has 27 heavy (non-hydrogen) atoms. The molecule has 6 nitrogen and oxygen atoms in total. The van der Waals surface area contributed by atoms with Crippen molar-refractivity contribution in [3.8, 4) is 0 Å². The summed E-state index contributed by atoms with van der Waals surface area (Å²) in [5.41, 5.74) is 1.72. The van der Waals surface area contributed by atoms with Crippen LogP contribution in [-0.2, 0) is 4.79 Å². The van der Waals surface area contributed by atoms with E-state index in [4.69, 9.17) is 23.2 Å². The van der Waals surface area contributed by atoms with Gasteiger partial charge in [-0.05, 0) is 35.4 Å². The first-order chi connectivity index (χ1) is 12.8. The number of benzene rings is 2. The lowest BCUT2D eigenvalue weighted by Gasteiger charge is -2.21. The monoisotopic (exact) mass is 403 g/mol. The molecule has 0 aliphatic heterocycles. The van der Waals surface area contributed by atoms with Crippen LogP contribution >= 0.6 is 23.2 Å². The largest absolute Gasteiger partial charge is 0.273 e. The molecule has 2 aromatic rings. The van der Waals surface area contributed by atoms with Gasteiger partial charge in [-0.15, -0.1) is 0 Å². The van der Waals surface area contributed by atoms with E-state index >= 15 is 0 Å². The summed E-state index contributed by atoms with van der Waals surface area (Å²) in [6, 6.07) is 14.4. The van der Waals surface area contributed by atoms with Crippen LogP contribution in [0.4, 0.5) is 0 Å². The number of aliphatic imine (C=N–C) groups is 1. The average molecular weight is 404 g/mol. The van der Waals surface area contributed by atoms with Crippen LogP contribution in [0.25, 0.3) is 0 Å². The number of rotatable bonds is 4. The van der Waals surface area contributed by atoms with Crippen molar-refractivity contribution in [2.75, 3.05) is 14.1 Å². The second kappa shape index (κ2) is 9.85. The van der Waals surface area contributed by atoms with Crippen molar-refractivity contribution in [1.29, 1.82) is 0 Å². The Kier molecular flexibility index (Phi) is 7.52. The van der Waals surface area contributed by atoms with Crippen LogP contribution in [0, 0.1) is 0 Å². The first-order valence-electron chi connectivity index (χ1n) is 8.01. The molecule has 0 bridgehead atoms. The van der Waals surface area contributed by atoms with Crippen molar-refractivity contribution in [1.82, 2.24) is 10.0 Å². The Bertz CT molecular complexity index is 797. The third-order valence-corrected chi connectivity index (χ3v) is 3.84. The Labute approximate surface area is 168 Å². The van der Waals surface area contributed by atoms with Gasteiger partial charge in [-0.1, -0.05) is 47.5 Å². The van der Waals surface area contributed by atoms with Crippen LogP contribution in [0.1, 0.15) is 18.1 Å². The molecule has 2 aromatic carbocycles. The topological polar surface area (TPSA) is 60.6 Å². The van der Waals surface area contributed by atoms with Crippen molar-refractivity contribution in [3.05, 3.63) is 69.7 Å². The summed E-state index contributed by atoms with van der Waals surface area (Å²) in [5, 5.41) is 12.9. The van der Waals surface area contributed by atoms with Crippen LogP contribution in [0.5, 0.6) is 0 Å². The Hall–Kier alpha value is -2.70. The first kappa shape index (κ1) is 20.6. The highest BCUT2D eigenvalue weighted by atomic mass is 35.5. The summed E-state index contributed by atoms with van der Waals surface area (Å²) in [4.78, 5) is 15.5. The zero-order valence-corrected chi connectivity index (χ0v) is 16.7. The maximum Gasteiger partial charge on any atom is 0.245 e. The first-order valence-corrected chi connectivity index (χ1v) is 8.76. The lowest BCUT2D eigenvalue weighted by molar-refractivity contribution is -0.115. The third kappa shape index (κ3) is 6.84. The molecule has 1 amide bonds. The van der Waals surface area contributed by atoms with Crippen LogP contribution in [0.2, 0.25) is 10.0 Å². The Morgan fingerprint density at radius 1 is 0.815 bits per heavy atom. The maximum absolute atomic E-state index is 11.5. The number of amides is 1. The minimum Gasteiger partial charge on any atom is -0.273 e. The number of guanidine groups is 1. The van der Waals surface area contributed by atoms with Crippen molar-refractivity contribution >= 4 is 47.5 Å². The van der Waals surface area contributed by atoms with Gasteiger partial charge in [0.25, 0.3) is 0 Å². The van der Waals surface area contributed by atoms with Crippen molar-refractivity contribution in [3.63, 3.8) is 0 Å². The van der Waals surface area contributed by atoms with E-state index in [1.54, 1.807) is 50.8 Å². The minimum atomic E-state index is -0.355. The van der Waals surface area contributed by atoms with Crippen LogP contribution in [0.15, 0.2) is 63.7 Å². The van der Waals surface area contributed by atoms with Crippen LogP contribution in [0.3, 0.4) is 0 Å². The van der Waals surface area contributed by atoms with Gasteiger partial charge in [0.05, 0.1) is 12.4 Å². The van der Waals surface area contributed by atoms with E-state index in [1.807, 2.05) is 24.3 Å². The highest BCUT2D eigenvalue weighted by molar-refractivity contribution is 6.30. The van der Waals surface area contributed by atoms with Gasteiger partial charge in [0, 0.05) is 31.1 Å². The number of nitrogens with zero attached hydrogens (tertiary/aromatic N) is 5. The van der Waals surface area contributed by atoms with E-state index in [1.165, 1.54) is 16.9 Å². The molecule has 0 aliphatic rings. The molecular formula is C19H19Cl2N5O. The molecule has 0 fully saturated rings. The van der Waals surface area contributed by atoms with E-state index in [2.05, 4.69) is 15.2 Å². The van der Waals surface area contributed by atoms with E-state index in [0.29, 0.717) is 10.0 Å². The molecule has 8 heteroatoms. The van der Waals surface area contributed by atoms with Gasteiger partial charge in [-0.3, -0.25) is 4.79 Å². The fourth-order valence-electron chi connectivity index (χ4n) is 2.00. The van der Waals surface area contributed by atoms with Crippen molar-refractivity contribution in [2.45, 2.75) is 6.92 Å². The maximum atomic E-state index is 11.5. The Morgan fingerprint density at radius 3 is 1.52 bits per heavy atom. The standard InChI is InChI=1S/C19H19Cl2N5O/c1-14(27)24-19(25(2)22-12-15-4-8-17(20)9-5-15)26(3)23-13-16-6-10-18(21)11-7-16/h4-13H,1-3H3/b22-12+,23-13+. The minimum absolute atomic E-state index is 0.276. The predicted octanol–water partition coefficient (Wildman–Crippen LogP) is 4.13. The Morgan fingerprint density at radius 2 is 1.19 bits per heavy atom. The molecule has 0 aromatic heterocycles. The van der Waals surface area contributed by atoms with Gasteiger partial charge in [-0.2, -0.15) is 15.2 Å². The Balaban J connectivity index is 2.16. The van der Waals surface area contributed by atoms with E-state index in [0.717, 1.165) is 11.1 Å². The molecule has 0 spiro atoms. The quantitative estimate of drug-likeness (QED) is 0.438. The fraction of sp³-hybridized carbons (Fsp3) is 0.158. The van der Waals surface area contributed by atoms with Crippen molar-refractivity contribution < 1.29 is 4.79 Å². The molecule has 0 heterocycles. The molecule has 0 aliphatic carbocycles. The van der Waals surface area contributed by atoms with Crippen LogP contribution in [-0.4, -0.2) is 48.4 Å². The summed E-state index contributed by atoms with van der Waals surface area (Å²) < 4.78 is 0. The molecule has 0 saturated carbocycles. The third-order valence-electron chi connectivity index (χ3n) is 3.34. The lowest BCUT2D eigenvalue weighted by atomic mass is 10.2. The SMILES string of the molecule is CC(=O)N=C(N(C)/N=C/c1ccc(Cl)cc1)N(C)/N=C/c1ccc(Cl)cc1. The summed E-state index contributed by atoms with van der Waals surface area (Å²) in [5.74, 6) is -0.0787. The molecule has 0 saturated heterocycles. The number of carbonyl (C=O) groups excluding carboxylic acids is 1. The zero-order valence-electron chi connectivity index (χ0n) is 15.2. The van der Waals surface area contributed by atoms with Crippen molar-refractivity contribution in [2.24, 2.45) is 15.2 Å². The smallest absolute Gasteiger partial charge is 0.245 e. The predicted molar refractivity (Wildman–Crippen MR) is 112 cm³/mol. The normalized spacial score (nSPS) is 11.0. The molecule has 0 radical (unpaired) electrons. The number of carbonyl (C=O) groups is 1. The summed E-state index contributed by atoms with van der Waals surface area (Å²) in [7, 11) is 3.37. The molecule has 0 unspecified atom stereocenters. The van der Waals surface area contributed by atoms with Crippen LogP contribution < -0.4 is 0 Å². The summed E-state index contributed by atoms with van der Waals surface area (Å²) >= 11 is 11.8. The van der Waals surface area contributed by atoms with Gasteiger partial charge >= 0.3 is 0 Å². The van der Waals surface area contributed by atoms with E-state index in [-0.39, 0.29) is 11.9 Å². The highest BCUT2D eigenvalue weighted by Crippen LogP contribution is 2.09. The van der Waals surface area contributed by atoms with E-state index in [9.17, 15) is 4.79 Å². The van der Waals surface area contributed by atoms with E-state index < -0.39 is 0 Å². The van der Waals surface area contributed by atoms with Gasteiger partial charge in [-0.25, -0.2) is 10.0 Å². The molecule has 0 N–H and O–H groups in total. The molecular weight excluding hydrogens is 385 g/mol. The lowest BCUT2D eigenvalue weighted by Crippen LogP contribution is -2.35. The summed E-state index contributed by atoms with van der Waals surface area (Å²) in [6.45, 7) is 1.37. The fourth-order valence-corrected chi connectivity index (χ4v) is 2.25.